The fourth-order valence-electron chi connectivity index (χ4n) is 2.54. The number of rotatable bonds is 5. The molecule has 1 aromatic heterocycles. The van der Waals surface area contributed by atoms with E-state index in [1.54, 1.807) is 24.3 Å². The molecule has 2 N–H and O–H groups in total. The van der Waals surface area contributed by atoms with E-state index in [1.807, 2.05) is 0 Å². The van der Waals surface area contributed by atoms with Crippen LogP contribution in [0.1, 0.15) is 5.56 Å². The standard InChI is InChI=1S/C20H13BrClFN4O/c21-7-1-2-19(28)26-13-4-6-18-15(8-13)20(12(10-24)11-25-18)27-14-3-5-17(23)16(22)9-14/h1-6,8-9,11H,7H2,(H,25,27)(H,26,28). The van der Waals surface area contributed by atoms with Crippen molar-refractivity contribution in [1.82, 2.24) is 4.98 Å². The summed E-state index contributed by atoms with van der Waals surface area (Å²) in [6.45, 7) is 0. The third kappa shape index (κ3) is 4.47. The number of fused-ring (bicyclic) bond motifs is 1. The molecule has 0 saturated carbocycles. The van der Waals surface area contributed by atoms with Crippen LogP contribution in [0.2, 0.25) is 5.02 Å². The van der Waals surface area contributed by atoms with Crippen LogP contribution in [-0.2, 0) is 4.79 Å². The van der Waals surface area contributed by atoms with E-state index in [0.717, 1.165) is 0 Å². The van der Waals surface area contributed by atoms with Crippen molar-refractivity contribution in [1.29, 1.82) is 5.26 Å². The van der Waals surface area contributed by atoms with Crippen molar-refractivity contribution in [3.63, 3.8) is 0 Å². The first-order valence-electron chi connectivity index (χ1n) is 8.10. The highest BCUT2D eigenvalue weighted by Gasteiger charge is 2.12. The highest BCUT2D eigenvalue weighted by Crippen LogP contribution is 2.32. The number of hydrogen-bond donors (Lipinski definition) is 2. The number of allylic oxidation sites excluding steroid dienone is 1. The summed E-state index contributed by atoms with van der Waals surface area (Å²) in [5.41, 5.74) is 2.49. The molecule has 0 bridgehead atoms. The molecule has 0 radical (unpaired) electrons. The van der Waals surface area contributed by atoms with E-state index >= 15 is 0 Å². The van der Waals surface area contributed by atoms with Crippen molar-refractivity contribution < 1.29 is 9.18 Å². The number of carbonyl (C=O) groups is 1. The highest BCUT2D eigenvalue weighted by molar-refractivity contribution is 9.09. The van der Waals surface area contributed by atoms with Gasteiger partial charge in [0.05, 0.1) is 21.8 Å². The van der Waals surface area contributed by atoms with Gasteiger partial charge in [0.15, 0.2) is 0 Å². The van der Waals surface area contributed by atoms with Gasteiger partial charge < -0.3 is 10.6 Å². The van der Waals surface area contributed by atoms with Gasteiger partial charge in [-0.1, -0.05) is 33.6 Å². The second-order valence-electron chi connectivity index (χ2n) is 5.69. The Morgan fingerprint density at radius 1 is 1.29 bits per heavy atom. The Bertz CT molecular complexity index is 1130. The smallest absolute Gasteiger partial charge is 0.248 e. The van der Waals surface area contributed by atoms with E-state index in [9.17, 15) is 14.4 Å². The minimum Gasteiger partial charge on any atom is -0.354 e. The molecule has 0 saturated heterocycles. The fourth-order valence-corrected chi connectivity index (χ4v) is 2.91. The number of amides is 1. The van der Waals surface area contributed by atoms with E-state index in [0.29, 0.717) is 38.9 Å². The fraction of sp³-hybridized carbons (Fsp3) is 0.0500. The summed E-state index contributed by atoms with van der Waals surface area (Å²) >= 11 is 9.06. The summed E-state index contributed by atoms with van der Waals surface area (Å²) in [7, 11) is 0. The van der Waals surface area contributed by atoms with Crippen LogP contribution in [-0.4, -0.2) is 16.2 Å². The molecular formula is C20H13BrClFN4O. The Morgan fingerprint density at radius 3 is 2.79 bits per heavy atom. The SMILES string of the molecule is N#Cc1cnc2ccc(NC(=O)C=CCBr)cc2c1Nc1ccc(F)c(Cl)c1. The Labute approximate surface area is 174 Å². The first-order chi connectivity index (χ1) is 13.5. The van der Waals surface area contributed by atoms with Crippen LogP contribution in [0.5, 0.6) is 0 Å². The summed E-state index contributed by atoms with van der Waals surface area (Å²) in [5, 5.41) is 16.5. The zero-order valence-electron chi connectivity index (χ0n) is 14.3. The second-order valence-corrected chi connectivity index (χ2v) is 6.75. The summed E-state index contributed by atoms with van der Waals surface area (Å²) < 4.78 is 13.4. The maximum Gasteiger partial charge on any atom is 0.248 e. The summed E-state index contributed by atoms with van der Waals surface area (Å²) in [4.78, 5) is 16.2. The number of benzene rings is 2. The second kappa shape index (κ2) is 8.83. The van der Waals surface area contributed by atoms with Gasteiger partial charge in [0.2, 0.25) is 5.91 Å². The minimum absolute atomic E-state index is 0.0339. The van der Waals surface area contributed by atoms with Gasteiger partial charge in [-0.05, 0) is 36.4 Å². The van der Waals surface area contributed by atoms with Crippen LogP contribution < -0.4 is 10.6 Å². The summed E-state index contributed by atoms with van der Waals surface area (Å²) in [6.07, 6.45) is 4.55. The molecule has 28 heavy (non-hydrogen) atoms. The predicted molar refractivity (Wildman–Crippen MR) is 113 cm³/mol. The van der Waals surface area contributed by atoms with Gasteiger partial charge in [-0.15, -0.1) is 0 Å². The van der Waals surface area contributed by atoms with Crippen molar-refractivity contribution >= 4 is 61.4 Å². The number of nitrogens with one attached hydrogen (secondary N) is 2. The number of carbonyl (C=O) groups excluding carboxylic acids is 1. The third-order valence-corrected chi connectivity index (χ3v) is 4.47. The Balaban J connectivity index is 2.04. The van der Waals surface area contributed by atoms with Crippen LogP contribution in [0, 0.1) is 17.1 Å². The van der Waals surface area contributed by atoms with E-state index in [4.69, 9.17) is 11.6 Å². The van der Waals surface area contributed by atoms with Gasteiger partial charge in [0, 0.05) is 34.4 Å². The molecule has 0 aliphatic heterocycles. The summed E-state index contributed by atoms with van der Waals surface area (Å²) in [5.74, 6) is -0.808. The Kier molecular flexibility index (Phi) is 6.24. The first kappa shape index (κ1) is 19.8. The lowest BCUT2D eigenvalue weighted by atomic mass is 10.1. The van der Waals surface area contributed by atoms with Gasteiger partial charge >= 0.3 is 0 Å². The van der Waals surface area contributed by atoms with Crippen LogP contribution in [0.3, 0.4) is 0 Å². The number of aromatic nitrogens is 1. The van der Waals surface area contributed by atoms with Crippen molar-refractivity contribution in [3.05, 3.63) is 71.2 Å². The van der Waals surface area contributed by atoms with Crippen molar-refractivity contribution in [2.45, 2.75) is 0 Å². The molecule has 3 rings (SSSR count). The Hall–Kier alpha value is -2.95. The van der Waals surface area contributed by atoms with Gasteiger partial charge in [-0.25, -0.2) is 4.39 Å². The molecule has 0 fully saturated rings. The Morgan fingerprint density at radius 2 is 2.07 bits per heavy atom. The molecule has 1 heterocycles. The lowest BCUT2D eigenvalue weighted by Gasteiger charge is -2.13. The van der Waals surface area contributed by atoms with Gasteiger partial charge in [0.25, 0.3) is 0 Å². The molecule has 0 atom stereocenters. The monoisotopic (exact) mass is 458 g/mol. The molecule has 0 aliphatic carbocycles. The average Bonchev–Trinajstić information content (AvgIpc) is 2.69. The number of nitrogens with zero attached hydrogens (tertiary/aromatic N) is 2. The molecule has 1 amide bonds. The molecular weight excluding hydrogens is 447 g/mol. The molecule has 0 spiro atoms. The van der Waals surface area contributed by atoms with E-state index in [2.05, 4.69) is 37.6 Å². The normalized spacial score (nSPS) is 10.8. The number of alkyl halides is 1. The maximum absolute atomic E-state index is 13.4. The molecule has 8 heteroatoms. The van der Waals surface area contributed by atoms with Gasteiger partial charge in [-0.3, -0.25) is 9.78 Å². The number of nitriles is 1. The molecule has 0 aliphatic rings. The third-order valence-electron chi connectivity index (χ3n) is 3.80. The van der Waals surface area contributed by atoms with E-state index < -0.39 is 5.82 Å². The maximum atomic E-state index is 13.4. The zero-order valence-corrected chi connectivity index (χ0v) is 16.7. The van der Waals surface area contributed by atoms with Crippen LogP contribution >= 0.6 is 27.5 Å². The van der Waals surface area contributed by atoms with Crippen molar-refractivity contribution in [2.75, 3.05) is 16.0 Å². The number of anilines is 3. The first-order valence-corrected chi connectivity index (χ1v) is 9.60. The largest absolute Gasteiger partial charge is 0.354 e. The lowest BCUT2D eigenvalue weighted by Crippen LogP contribution is -2.08. The minimum atomic E-state index is -0.533. The highest BCUT2D eigenvalue weighted by atomic mass is 79.9. The molecule has 5 nitrogen and oxygen atoms in total. The quantitative estimate of drug-likeness (QED) is 0.388. The predicted octanol–water partition coefficient (Wildman–Crippen LogP) is 5.53. The average molecular weight is 460 g/mol. The van der Waals surface area contributed by atoms with Crippen molar-refractivity contribution in [2.24, 2.45) is 0 Å². The lowest BCUT2D eigenvalue weighted by molar-refractivity contribution is -0.111. The van der Waals surface area contributed by atoms with Crippen LogP contribution in [0.15, 0.2) is 54.7 Å². The molecule has 3 aromatic rings. The zero-order chi connectivity index (χ0) is 20.1. The molecule has 2 aromatic carbocycles. The van der Waals surface area contributed by atoms with Crippen molar-refractivity contribution in [3.8, 4) is 6.07 Å². The number of hydrogen-bond acceptors (Lipinski definition) is 4. The van der Waals surface area contributed by atoms with E-state index in [1.165, 1.54) is 30.5 Å². The summed E-state index contributed by atoms with van der Waals surface area (Å²) in [6, 6.07) is 11.5. The van der Waals surface area contributed by atoms with Gasteiger partial charge in [0.1, 0.15) is 11.9 Å². The van der Waals surface area contributed by atoms with Crippen LogP contribution in [0.4, 0.5) is 21.5 Å². The topological polar surface area (TPSA) is 77.8 Å². The molecule has 140 valence electrons. The number of pyridine rings is 1. The molecule has 0 unspecified atom stereocenters. The van der Waals surface area contributed by atoms with Gasteiger partial charge in [-0.2, -0.15) is 5.26 Å². The van der Waals surface area contributed by atoms with E-state index in [-0.39, 0.29) is 10.9 Å². The number of halogens is 3. The van der Waals surface area contributed by atoms with Crippen LogP contribution in [0.25, 0.3) is 10.9 Å².